The second kappa shape index (κ2) is 6.44. The van der Waals surface area contributed by atoms with Crippen LogP contribution in [0.5, 0.6) is 0 Å². The zero-order chi connectivity index (χ0) is 19.0. The largest absolute Gasteiger partial charge is 0.354 e. The molecule has 1 aromatic heterocycles. The first kappa shape index (κ1) is 17.1. The summed E-state index contributed by atoms with van der Waals surface area (Å²) in [7, 11) is -2.21. The summed E-state index contributed by atoms with van der Waals surface area (Å²) in [6, 6.07) is 19.3. The Labute approximate surface area is 156 Å². The van der Waals surface area contributed by atoms with E-state index in [0.717, 1.165) is 16.3 Å². The van der Waals surface area contributed by atoms with Crippen molar-refractivity contribution in [1.82, 2.24) is 10.3 Å². The van der Waals surface area contributed by atoms with E-state index in [-0.39, 0.29) is 10.8 Å². The van der Waals surface area contributed by atoms with E-state index in [2.05, 4.69) is 15.0 Å². The number of carbonyl (C=O) groups excluding carboxylic acids is 1. The highest BCUT2D eigenvalue weighted by Crippen LogP contribution is 2.26. The number of nitrogens with one attached hydrogen (secondary N) is 3. The standard InChI is InChI=1S/C20H17N3O3S/c1-21-20(24)18-12-14-11-15(9-10-17(14)22-18)23-27(25,26)19-8-4-6-13-5-2-3-7-16(13)19/h2-12,22-23H,1H3,(H,21,24). The van der Waals surface area contributed by atoms with Crippen molar-refractivity contribution in [2.24, 2.45) is 0 Å². The van der Waals surface area contributed by atoms with Crippen LogP contribution >= 0.6 is 0 Å². The van der Waals surface area contributed by atoms with Crippen LogP contribution in [0.1, 0.15) is 10.5 Å². The molecule has 7 heteroatoms. The summed E-state index contributed by atoms with van der Waals surface area (Å²) in [4.78, 5) is 15.0. The van der Waals surface area contributed by atoms with Crippen molar-refractivity contribution in [2.75, 3.05) is 11.8 Å². The summed E-state index contributed by atoms with van der Waals surface area (Å²) in [5, 5.41) is 4.82. The number of amides is 1. The van der Waals surface area contributed by atoms with Gasteiger partial charge in [-0.2, -0.15) is 0 Å². The molecule has 0 bridgehead atoms. The minimum atomic E-state index is -3.76. The van der Waals surface area contributed by atoms with Crippen molar-refractivity contribution in [2.45, 2.75) is 4.90 Å². The SMILES string of the molecule is CNC(=O)c1cc2cc(NS(=O)(=O)c3cccc4ccccc34)ccc2[nH]1. The predicted molar refractivity (Wildman–Crippen MR) is 106 cm³/mol. The monoisotopic (exact) mass is 379 g/mol. The fraction of sp³-hybridized carbons (Fsp3) is 0.0500. The first-order chi connectivity index (χ1) is 13.0. The van der Waals surface area contributed by atoms with Crippen molar-refractivity contribution >= 4 is 43.3 Å². The molecule has 0 aliphatic heterocycles. The zero-order valence-electron chi connectivity index (χ0n) is 14.5. The lowest BCUT2D eigenvalue weighted by Gasteiger charge is -2.10. The molecular weight excluding hydrogens is 362 g/mol. The number of anilines is 1. The Morgan fingerprint density at radius 3 is 2.52 bits per heavy atom. The van der Waals surface area contributed by atoms with Gasteiger partial charge in [0.05, 0.1) is 4.90 Å². The average Bonchev–Trinajstić information content (AvgIpc) is 3.10. The van der Waals surface area contributed by atoms with Crippen LogP contribution in [0.4, 0.5) is 5.69 Å². The Hall–Kier alpha value is -3.32. The van der Waals surface area contributed by atoms with Gasteiger partial charge in [0.1, 0.15) is 5.69 Å². The molecule has 1 amide bonds. The smallest absolute Gasteiger partial charge is 0.267 e. The van der Waals surface area contributed by atoms with E-state index >= 15 is 0 Å². The second-order valence-corrected chi connectivity index (χ2v) is 7.80. The fourth-order valence-electron chi connectivity index (χ4n) is 3.09. The van der Waals surface area contributed by atoms with Gasteiger partial charge >= 0.3 is 0 Å². The molecule has 0 radical (unpaired) electrons. The van der Waals surface area contributed by atoms with E-state index in [0.29, 0.717) is 16.8 Å². The van der Waals surface area contributed by atoms with Gasteiger partial charge in [-0.1, -0.05) is 36.4 Å². The van der Waals surface area contributed by atoms with Crippen LogP contribution < -0.4 is 10.0 Å². The van der Waals surface area contributed by atoms with Crippen molar-refractivity contribution in [3.63, 3.8) is 0 Å². The summed E-state index contributed by atoms with van der Waals surface area (Å²) in [5.74, 6) is -0.232. The minimum absolute atomic E-state index is 0.223. The fourth-order valence-corrected chi connectivity index (χ4v) is 4.37. The van der Waals surface area contributed by atoms with Gasteiger partial charge in [0.25, 0.3) is 15.9 Å². The Morgan fingerprint density at radius 2 is 1.70 bits per heavy atom. The third-order valence-corrected chi connectivity index (χ3v) is 5.82. The highest BCUT2D eigenvalue weighted by Gasteiger charge is 2.18. The predicted octanol–water partition coefficient (Wildman–Crippen LogP) is 3.48. The second-order valence-electron chi connectivity index (χ2n) is 6.15. The van der Waals surface area contributed by atoms with E-state index in [1.807, 2.05) is 24.3 Å². The number of carbonyl (C=O) groups is 1. The molecule has 4 aromatic rings. The minimum Gasteiger partial charge on any atom is -0.354 e. The molecule has 0 aliphatic rings. The molecule has 0 unspecified atom stereocenters. The van der Waals surface area contributed by atoms with Gasteiger partial charge in [0, 0.05) is 29.0 Å². The van der Waals surface area contributed by atoms with Crippen LogP contribution in [-0.4, -0.2) is 26.4 Å². The van der Waals surface area contributed by atoms with E-state index in [1.165, 1.54) is 0 Å². The molecule has 1 heterocycles. The van der Waals surface area contributed by atoms with E-state index < -0.39 is 10.0 Å². The van der Waals surface area contributed by atoms with Crippen molar-refractivity contribution < 1.29 is 13.2 Å². The van der Waals surface area contributed by atoms with Crippen molar-refractivity contribution in [3.8, 4) is 0 Å². The van der Waals surface area contributed by atoms with Gasteiger partial charge in [-0.15, -0.1) is 0 Å². The molecule has 27 heavy (non-hydrogen) atoms. The Morgan fingerprint density at radius 1 is 0.926 bits per heavy atom. The highest BCUT2D eigenvalue weighted by atomic mass is 32.2. The maximum Gasteiger partial charge on any atom is 0.267 e. The Bertz CT molecular complexity index is 1270. The summed E-state index contributed by atoms with van der Waals surface area (Å²) in [6.07, 6.45) is 0. The number of fused-ring (bicyclic) bond motifs is 2. The van der Waals surface area contributed by atoms with E-state index in [4.69, 9.17) is 0 Å². The number of hydrogen-bond acceptors (Lipinski definition) is 3. The molecular formula is C20H17N3O3S. The molecule has 3 aromatic carbocycles. The van der Waals surface area contributed by atoms with Crippen LogP contribution in [-0.2, 0) is 10.0 Å². The third kappa shape index (κ3) is 3.13. The lowest BCUT2D eigenvalue weighted by molar-refractivity contribution is 0.0959. The molecule has 0 fully saturated rings. The third-order valence-electron chi connectivity index (χ3n) is 4.38. The maximum atomic E-state index is 12.9. The zero-order valence-corrected chi connectivity index (χ0v) is 15.3. The summed E-state index contributed by atoms with van der Waals surface area (Å²) in [6.45, 7) is 0. The normalized spacial score (nSPS) is 11.6. The molecule has 0 saturated heterocycles. The van der Waals surface area contributed by atoms with E-state index in [9.17, 15) is 13.2 Å². The van der Waals surface area contributed by atoms with Crippen LogP contribution in [0.3, 0.4) is 0 Å². The van der Waals surface area contributed by atoms with Crippen LogP contribution in [0.25, 0.3) is 21.7 Å². The van der Waals surface area contributed by atoms with Crippen LogP contribution in [0, 0.1) is 0 Å². The van der Waals surface area contributed by atoms with Gasteiger partial charge in [0.2, 0.25) is 0 Å². The van der Waals surface area contributed by atoms with E-state index in [1.54, 1.807) is 49.5 Å². The quantitative estimate of drug-likeness (QED) is 0.507. The van der Waals surface area contributed by atoms with Crippen LogP contribution in [0.2, 0.25) is 0 Å². The molecule has 0 spiro atoms. The Kier molecular flexibility index (Phi) is 4.08. The molecule has 0 aliphatic carbocycles. The summed E-state index contributed by atoms with van der Waals surface area (Å²) < 4.78 is 28.5. The molecule has 136 valence electrons. The van der Waals surface area contributed by atoms with Crippen molar-refractivity contribution in [3.05, 3.63) is 72.4 Å². The topological polar surface area (TPSA) is 91.1 Å². The van der Waals surface area contributed by atoms with Gasteiger partial charge in [-0.3, -0.25) is 9.52 Å². The summed E-state index contributed by atoms with van der Waals surface area (Å²) in [5.41, 5.74) is 1.60. The van der Waals surface area contributed by atoms with Crippen molar-refractivity contribution in [1.29, 1.82) is 0 Å². The highest BCUT2D eigenvalue weighted by molar-refractivity contribution is 7.93. The molecule has 6 nitrogen and oxygen atoms in total. The first-order valence-electron chi connectivity index (χ1n) is 8.33. The number of benzene rings is 3. The number of aromatic amines is 1. The first-order valence-corrected chi connectivity index (χ1v) is 9.82. The summed E-state index contributed by atoms with van der Waals surface area (Å²) >= 11 is 0. The number of aromatic nitrogens is 1. The van der Waals surface area contributed by atoms with Gasteiger partial charge in [0.15, 0.2) is 0 Å². The molecule has 0 atom stereocenters. The average molecular weight is 379 g/mol. The molecule has 3 N–H and O–H groups in total. The number of hydrogen-bond donors (Lipinski definition) is 3. The lowest BCUT2D eigenvalue weighted by Crippen LogP contribution is -2.17. The number of rotatable bonds is 4. The molecule has 4 rings (SSSR count). The number of H-pyrrole nitrogens is 1. The van der Waals surface area contributed by atoms with Gasteiger partial charge < -0.3 is 10.3 Å². The Balaban J connectivity index is 1.73. The van der Waals surface area contributed by atoms with Crippen LogP contribution in [0.15, 0.2) is 71.6 Å². The van der Waals surface area contributed by atoms with Gasteiger partial charge in [-0.05, 0) is 35.7 Å². The number of sulfonamides is 1. The maximum absolute atomic E-state index is 12.9. The lowest BCUT2D eigenvalue weighted by atomic mass is 10.1. The van der Waals surface area contributed by atoms with Gasteiger partial charge in [-0.25, -0.2) is 8.42 Å². The molecule has 0 saturated carbocycles.